The second kappa shape index (κ2) is 5.54. The van der Waals surface area contributed by atoms with Crippen LogP contribution in [0.15, 0.2) is 0 Å². The van der Waals surface area contributed by atoms with E-state index in [-0.39, 0.29) is 0 Å². The zero-order chi connectivity index (χ0) is 19.3. The minimum Gasteiger partial charge on any atom is -0.871 e. The van der Waals surface area contributed by atoms with Gasteiger partial charge in [-0.25, -0.2) is 4.39 Å². The van der Waals surface area contributed by atoms with Gasteiger partial charge in [-0.1, -0.05) is 0 Å². The van der Waals surface area contributed by atoms with Crippen molar-refractivity contribution in [2.45, 2.75) is 30.6 Å². The molecule has 3 nitrogen and oxygen atoms in total. The SMILES string of the molecule is [O-]B([O-])OC(F)(C(F)(F)F)C(C(F)(F)F)(C(F)(F)F)C(F)(F)F. The van der Waals surface area contributed by atoms with Crippen molar-refractivity contribution < 1.29 is 71.8 Å². The molecule has 0 saturated carbocycles. The van der Waals surface area contributed by atoms with Crippen molar-refractivity contribution in [1.29, 1.82) is 0 Å². The Morgan fingerprint density at radius 1 is 0.522 bits per heavy atom. The number of alkyl halides is 13. The van der Waals surface area contributed by atoms with Crippen molar-refractivity contribution in [1.82, 2.24) is 0 Å². The highest BCUT2D eigenvalue weighted by Gasteiger charge is 2.97. The molecule has 0 aromatic heterocycles. The summed E-state index contributed by atoms with van der Waals surface area (Å²) in [4.78, 5) is 0. The standard InChI is InChI=1S/C6BF13O3/c8-2(6(18,19)20,23-7(21)22)1(3(9,10)11,4(12,13)14)5(15,16)17/q-2. The third-order valence-corrected chi connectivity index (χ3v) is 2.38. The van der Waals surface area contributed by atoms with Gasteiger partial charge in [0.2, 0.25) is 0 Å². The topological polar surface area (TPSA) is 55.3 Å². The van der Waals surface area contributed by atoms with Crippen molar-refractivity contribution >= 4 is 7.32 Å². The van der Waals surface area contributed by atoms with Crippen LogP contribution < -0.4 is 10.0 Å². The maximum absolute atomic E-state index is 13.4. The second-order valence-electron chi connectivity index (χ2n) is 3.74. The molecule has 0 N–H and O–H groups in total. The smallest absolute Gasteiger partial charge is 0.448 e. The summed E-state index contributed by atoms with van der Waals surface area (Å²) in [5.41, 5.74) is -8.23. The Labute approximate surface area is 116 Å². The van der Waals surface area contributed by atoms with Crippen molar-refractivity contribution in [3.63, 3.8) is 0 Å². The molecule has 0 amide bonds. The van der Waals surface area contributed by atoms with Crippen molar-refractivity contribution in [2.24, 2.45) is 5.41 Å². The summed E-state index contributed by atoms with van der Waals surface area (Å²) in [6, 6.07) is 0. The summed E-state index contributed by atoms with van der Waals surface area (Å²) < 4.78 is 163. The van der Waals surface area contributed by atoms with Gasteiger partial charge in [-0.3, -0.25) is 0 Å². The lowest BCUT2D eigenvalue weighted by atomic mass is 9.76. The summed E-state index contributed by atoms with van der Waals surface area (Å²) in [6.07, 6.45) is -31.8. The first-order valence-electron chi connectivity index (χ1n) is 4.62. The van der Waals surface area contributed by atoms with Crippen molar-refractivity contribution in [3.05, 3.63) is 0 Å². The molecular formula is C6BF13O3-2. The lowest BCUT2D eigenvalue weighted by molar-refractivity contribution is -0.530. The normalized spacial score (nSPS) is 17.9. The van der Waals surface area contributed by atoms with Gasteiger partial charge in [0.05, 0.1) is 7.32 Å². The van der Waals surface area contributed by atoms with E-state index < -0.39 is 43.3 Å². The molecule has 23 heavy (non-hydrogen) atoms. The zero-order valence-electron chi connectivity index (χ0n) is 9.72. The number of hydrogen-bond donors (Lipinski definition) is 0. The first-order chi connectivity index (χ1) is 9.67. The Bertz CT molecular complexity index is 383. The average molecular weight is 378 g/mol. The van der Waals surface area contributed by atoms with E-state index in [1.807, 2.05) is 0 Å². The third-order valence-electron chi connectivity index (χ3n) is 2.38. The first-order valence-corrected chi connectivity index (χ1v) is 4.62. The van der Waals surface area contributed by atoms with Crippen LogP contribution in [0.3, 0.4) is 0 Å². The maximum Gasteiger partial charge on any atom is 0.448 e. The summed E-state index contributed by atoms with van der Waals surface area (Å²) >= 11 is 0. The van der Waals surface area contributed by atoms with Gasteiger partial charge in [-0.2, -0.15) is 52.7 Å². The Hall–Kier alpha value is -0.965. The summed E-state index contributed by atoms with van der Waals surface area (Å²) in [5, 5.41) is 19.6. The molecule has 0 saturated heterocycles. The second-order valence-corrected chi connectivity index (χ2v) is 3.74. The Kier molecular flexibility index (Phi) is 5.31. The summed E-state index contributed by atoms with van der Waals surface area (Å²) in [5.74, 6) is -7.77. The van der Waals surface area contributed by atoms with Crippen LogP contribution in [0.1, 0.15) is 0 Å². The van der Waals surface area contributed by atoms with Gasteiger partial charge in [0, 0.05) is 0 Å². The van der Waals surface area contributed by atoms with Crippen LogP contribution in [0, 0.1) is 5.41 Å². The van der Waals surface area contributed by atoms with Crippen LogP contribution in [0.25, 0.3) is 0 Å². The molecule has 0 aromatic carbocycles. The lowest BCUT2D eigenvalue weighted by Gasteiger charge is -2.50. The molecule has 0 aromatic rings. The third kappa shape index (κ3) is 3.17. The Morgan fingerprint density at radius 2 is 0.783 bits per heavy atom. The molecule has 0 aliphatic carbocycles. The van der Waals surface area contributed by atoms with E-state index in [2.05, 4.69) is 0 Å². The molecule has 1 atom stereocenters. The minimum absolute atomic E-state index is 1.78. The maximum atomic E-state index is 13.4. The number of hydrogen-bond acceptors (Lipinski definition) is 3. The molecule has 0 aliphatic rings. The van der Waals surface area contributed by atoms with Crippen LogP contribution in [0.2, 0.25) is 0 Å². The predicted octanol–water partition coefficient (Wildman–Crippen LogP) is 1.61. The molecule has 0 radical (unpaired) electrons. The van der Waals surface area contributed by atoms with Gasteiger partial charge in [0.1, 0.15) is 0 Å². The van der Waals surface area contributed by atoms with Crippen LogP contribution >= 0.6 is 0 Å². The molecule has 0 spiro atoms. The van der Waals surface area contributed by atoms with Gasteiger partial charge in [-0.05, 0) is 0 Å². The fourth-order valence-electron chi connectivity index (χ4n) is 1.53. The highest BCUT2D eigenvalue weighted by molar-refractivity contribution is 6.28. The van der Waals surface area contributed by atoms with Crippen LogP contribution in [-0.2, 0) is 4.65 Å². The van der Waals surface area contributed by atoms with E-state index >= 15 is 0 Å². The van der Waals surface area contributed by atoms with Crippen LogP contribution in [-0.4, -0.2) is 37.9 Å². The van der Waals surface area contributed by atoms with Gasteiger partial charge in [-0.15, -0.1) is 0 Å². The van der Waals surface area contributed by atoms with Crippen LogP contribution in [0.5, 0.6) is 0 Å². The van der Waals surface area contributed by atoms with Gasteiger partial charge >= 0.3 is 36.0 Å². The molecule has 0 rings (SSSR count). The van der Waals surface area contributed by atoms with E-state index in [1.165, 1.54) is 0 Å². The van der Waals surface area contributed by atoms with Crippen molar-refractivity contribution in [3.8, 4) is 0 Å². The predicted molar refractivity (Wildman–Crippen MR) is 37.3 cm³/mol. The number of rotatable bonds is 3. The molecule has 0 fully saturated rings. The average Bonchev–Trinajstić information content (AvgIpc) is 2.05. The molecule has 17 heteroatoms. The fraction of sp³-hybridized carbons (Fsp3) is 1.00. The van der Waals surface area contributed by atoms with E-state index in [4.69, 9.17) is 0 Å². The molecule has 0 bridgehead atoms. The monoisotopic (exact) mass is 378 g/mol. The first kappa shape index (κ1) is 22.0. The van der Waals surface area contributed by atoms with Gasteiger partial charge in [0.25, 0.3) is 0 Å². The lowest BCUT2D eigenvalue weighted by Crippen LogP contribution is -2.77. The quantitative estimate of drug-likeness (QED) is 0.554. The van der Waals surface area contributed by atoms with Gasteiger partial charge < -0.3 is 14.7 Å². The van der Waals surface area contributed by atoms with Gasteiger partial charge in [0.15, 0.2) is 0 Å². The van der Waals surface area contributed by atoms with E-state index in [9.17, 15) is 67.1 Å². The minimum atomic E-state index is -8.23. The van der Waals surface area contributed by atoms with E-state index in [0.29, 0.717) is 0 Å². The number of halogens is 13. The zero-order valence-corrected chi connectivity index (χ0v) is 9.72. The summed E-state index contributed by atoms with van der Waals surface area (Å²) in [7, 11) is -4.90. The highest BCUT2D eigenvalue weighted by Crippen LogP contribution is 2.69. The highest BCUT2D eigenvalue weighted by atomic mass is 19.4. The Balaban J connectivity index is 7.13. The molecule has 138 valence electrons. The van der Waals surface area contributed by atoms with Crippen LogP contribution in [0.4, 0.5) is 57.1 Å². The largest absolute Gasteiger partial charge is 0.871 e. The Morgan fingerprint density at radius 3 is 0.913 bits per heavy atom. The molecule has 0 heterocycles. The van der Waals surface area contributed by atoms with Crippen molar-refractivity contribution in [2.75, 3.05) is 0 Å². The molecule has 1 unspecified atom stereocenters. The molecule has 0 aliphatic heterocycles. The summed E-state index contributed by atoms with van der Waals surface area (Å²) in [6.45, 7) is 0. The van der Waals surface area contributed by atoms with E-state index in [1.54, 1.807) is 4.65 Å². The fourth-order valence-corrected chi connectivity index (χ4v) is 1.53. The van der Waals surface area contributed by atoms with E-state index in [0.717, 1.165) is 0 Å². The molecular weight excluding hydrogens is 378 g/mol.